The average Bonchev–Trinajstić information content (AvgIpc) is 2.79. The van der Waals surface area contributed by atoms with Crippen LogP contribution in [0.25, 0.3) is 0 Å². The van der Waals surface area contributed by atoms with Gasteiger partial charge in [0.25, 0.3) is 0 Å². The minimum absolute atomic E-state index is 0.149. The Morgan fingerprint density at radius 2 is 1.55 bits per heavy atom. The van der Waals surface area contributed by atoms with Crippen molar-refractivity contribution in [2.45, 2.75) is 52.6 Å². The lowest BCUT2D eigenvalue weighted by Gasteiger charge is -2.53. The summed E-state index contributed by atoms with van der Waals surface area (Å²) in [7, 11) is 0. The van der Waals surface area contributed by atoms with Crippen molar-refractivity contribution in [2.24, 2.45) is 22.2 Å². The molecule has 0 saturated heterocycles. The van der Waals surface area contributed by atoms with E-state index in [4.69, 9.17) is 5.11 Å². The van der Waals surface area contributed by atoms with Crippen molar-refractivity contribution in [3.63, 3.8) is 0 Å². The Morgan fingerprint density at radius 1 is 1.00 bits per heavy atom. The Kier molecular flexibility index (Phi) is 3.52. The van der Waals surface area contributed by atoms with E-state index in [9.17, 15) is 0 Å². The van der Waals surface area contributed by atoms with Gasteiger partial charge in [-0.05, 0) is 52.0 Å². The van der Waals surface area contributed by atoms with Crippen LogP contribution in [-0.4, -0.2) is 11.1 Å². The van der Waals surface area contributed by atoms with Crippen LogP contribution in [0.4, 0.5) is 5.69 Å². The average molecular weight is 362 g/mol. The second-order valence-electron chi connectivity index (χ2n) is 7.08. The fraction of sp³-hybridized carbons (Fsp3) is 0.556. The largest absolute Gasteiger partial charge is 0.238 e. The van der Waals surface area contributed by atoms with Crippen molar-refractivity contribution >= 4 is 21.6 Å². The molecule has 1 aliphatic heterocycles. The predicted octanol–water partition coefficient (Wildman–Crippen LogP) is 5.78. The fourth-order valence-corrected chi connectivity index (χ4v) is 4.39. The molecular weight excluding hydrogens is 338 g/mol. The molecule has 1 aromatic carbocycles. The van der Waals surface area contributed by atoms with Gasteiger partial charge in [-0.3, -0.25) is 0 Å². The van der Waals surface area contributed by atoms with Crippen molar-refractivity contribution in [3.05, 3.63) is 39.9 Å². The van der Waals surface area contributed by atoms with E-state index in [1.165, 1.54) is 11.1 Å². The third kappa shape index (κ3) is 1.79. The van der Waals surface area contributed by atoms with Crippen LogP contribution in [0.2, 0.25) is 0 Å². The zero-order valence-electron chi connectivity index (χ0n) is 14.2. The SMILES string of the molecule is CC1=C(C)[C@@H](C)[C@@]2(C)N=NN(c3ccc(Br)cc3)[C@]2(C)[C@@H]1C. The first-order valence-corrected chi connectivity index (χ1v) is 8.68. The topological polar surface area (TPSA) is 28.0 Å². The minimum Gasteiger partial charge on any atom is -0.238 e. The molecule has 22 heavy (non-hydrogen) atoms. The van der Waals surface area contributed by atoms with Gasteiger partial charge in [0.2, 0.25) is 0 Å². The lowest BCUT2D eigenvalue weighted by molar-refractivity contribution is 0.158. The van der Waals surface area contributed by atoms with E-state index in [1.807, 2.05) is 0 Å². The molecule has 2 aliphatic rings. The Morgan fingerprint density at radius 3 is 2.14 bits per heavy atom. The van der Waals surface area contributed by atoms with Crippen LogP contribution >= 0.6 is 15.9 Å². The summed E-state index contributed by atoms with van der Waals surface area (Å²) in [5, 5.41) is 11.5. The second kappa shape index (κ2) is 4.92. The summed E-state index contributed by atoms with van der Waals surface area (Å²) in [6, 6.07) is 8.35. The maximum absolute atomic E-state index is 4.76. The summed E-state index contributed by atoms with van der Waals surface area (Å²) in [5.74, 6) is 0.783. The van der Waals surface area contributed by atoms with Gasteiger partial charge < -0.3 is 0 Å². The maximum Gasteiger partial charge on any atom is 0.113 e. The van der Waals surface area contributed by atoms with Crippen LogP contribution < -0.4 is 5.01 Å². The number of fused-ring (bicyclic) bond motifs is 1. The molecule has 4 heteroatoms. The van der Waals surface area contributed by atoms with E-state index in [0.717, 1.165) is 10.2 Å². The molecule has 0 saturated carbocycles. The molecular formula is C18H24BrN3. The normalized spacial score (nSPS) is 37.7. The van der Waals surface area contributed by atoms with Gasteiger partial charge in [-0.15, -0.1) is 0 Å². The third-order valence-electron chi connectivity index (χ3n) is 6.49. The molecule has 0 fully saturated rings. The molecule has 3 rings (SSSR count). The van der Waals surface area contributed by atoms with Crippen LogP contribution in [0.3, 0.4) is 0 Å². The summed E-state index contributed by atoms with van der Waals surface area (Å²) in [5.41, 5.74) is 3.68. The minimum atomic E-state index is -0.205. The number of halogens is 1. The Hall–Kier alpha value is -1.16. The highest BCUT2D eigenvalue weighted by atomic mass is 79.9. The lowest BCUT2D eigenvalue weighted by atomic mass is 9.57. The molecule has 0 bridgehead atoms. The van der Waals surface area contributed by atoms with Gasteiger partial charge in [0, 0.05) is 16.3 Å². The van der Waals surface area contributed by atoms with Gasteiger partial charge in [-0.2, -0.15) is 5.11 Å². The lowest BCUT2D eigenvalue weighted by Crippen LogP contribution is -2.64. The molecule has 3 nitrogen and oxygen atoms in total. The van der Waals surface area contributed by atoms with E-state index < -0.39 is 0 Å². The Balaban J connectivity index is 2.15. The number of nitrogens with zero attached hydrogens (tertiary/aromatic N) is 3. The summed E-state index contributed by atoms with van der Waals surface area (Å²) < 4.78 is 1.08. The van der Waals surface area contributed by atoms with Crippen LogP contribution in [0.5, 0.6) is 0 Å². The first-order valence-electron chi connectivity index (χ1n) is 7.89. The van der Waals surface area contributed by atoms with Gasteiger partial charge in [-0.1, -0.05) is 46.1 Å². The summed E-state index contributed by atoms with van der Waals surface area (Å²) in [6.07, 6.45) is 0. The number of hydrogen-bond acceptors (Lipinski definition) is 3. The first-order chi connectivity index (χ1) is 10.2. The van der Waals surface area contributed by atoms with Crippen molar-refractivity contribution < 1.29 is 0 Å². The Labute approximate surface area is 141 Å². The summed E-state index contributed by atoms with van der Waals surface area (Å²) in [4.78, 5) is 0. The zero-order valence-corrected chi connectivity index (χ0v) is 15.8. The monoisotopic (exact) mass is 361 g/mol. The van der Waals surface area contributed by atoms with Gasteiger partial charge in [-0.25, -0.2) is 5.01 Å². The quantitative estimate of drug-likeness (QED) is 0.582. The predicted molar refractivity (Wildman–Crippen MR) is 95.0 cm³/mol. The van der Waals surface area contributed by atoms with Gasteiger partial charge >= 0.3 is 0 Å². The number of rotatable bonds is 1. The zero-order chi connectivity index (χ0) is 16.3. The van der Waals surface area contributed by atoms with Gasteiger partial charge in [0.1, 0.15) is 5.54 Å². The highest BCUT2D eigenvalue weighted by Crippen LogP contribution is 2.56. The molecule has 1 aliphatic carbocycles. The second-order valence-corrected chi connectivity index (χ2v) is 8.00. The molecule has 0 aromatic heterocycles. The van der Waals surface area contributed by atoms with Crippen LogP contribution in [-0.2, 0) is 0 Å². The van der Waals surface area contributed by atoms with Crippen molar-refractivity contribution in [2.75, 3.05) is 5.01 Å². The Bertz CT molecular complexity index is 663. The molecule has 0 amide bonds. The van der Waals surface area contributed by atoms with Crippen molar-refractivity contribution in [1.82, 2.24) is 0 Å². The highest BCUT2D eigenvalue weighted by Gasteiger charge is 2.62. The van der Waals surface area contributed by atoms with E-state index in [-0.39, 0.29) is 11.1 Å². The number of benzene rings is 1. The van der Waals surface area contributed by atoms with Crippen LogP contribution in [0.15, 0.2) is 50.2 Å². The van der Waals surface area contributed by atoms with Crippen LogP contribution in [0, 0.1) is 11.8 Å². The van der Waals surface area contributed by atoms with E-state index in [1.54, 1.807) is 0 Å². The van der Waals surface area contributed by atoms with Crippen LogP contribution in [0.1, 0.15) is 41.5 Å². The molecule has 0 radical (unpaired) electrons. The van der Waals surface area contributed by atoms with Crippen molar-refractivity contribution in [1.29, 1.82) is 0 Å². The standard InChI is InChI=1S/C18H24BrN3/c1-11-12(2)14(4)18(6)17(5,13(11)3)20-21-22(18)16-9-7-15(19)8-10-16/h7-10,13-14H,1-6H3/t13-,14-,17-,18-/m1/s1. The maximum atomic E-state index is 4.76. The van der Waals surface area contributed by atoms with E-state index in [2.05, 4.69) is 92.0 Å². The number of anilines is 1. The smallest absolute Gasteiger partial charge is 0.113 e. The van der Waals surface area contributed by atoms with E-state index in [0.29, 0.717) is 11.8 Å². The number of hydrogen-bond donors (Lipinski definition) is 0. The van der Waals surface area contributed by atoms with Crippen molar-refractivity contribution in [3.8, 4) is 0 Å². The molecule has 1 heterocycles. The van der Waals surface area contributed by atoms with Gasteiger partial charge in [0.15, 0.2) is 0 Å². The molecule has 0 N–H and O–H groups in total. The summed E-state index contributed by atoms with van der Waals surface area (Å²) >= 11 is 3.51. The van der Waals surface area contributed by atoms with E-state index >= 15 is 0 Å². The fourth-order valence-electron chi connectivity index (χ4n) is 4.12. The molecule has 0 unspecified atom stereocenters. The molecule has 0 spiro atoms. The van der Waals surface area contributed by atoms with Gasteiger partial charge in [0.05, 0.1) is 11.2 Å². The summed E-state index contributed by atoms with van der Waals surface area (Å²) in [6.45, 7) is 13.7. The molecule has 118 valence electrons. The highest BCUT2D eigenvalue weighted by molar-refractivity contribution is 9.10. The first kappa shape index (κ1) is 15.7. The molecule has 4 atom stereocenters. The molecule has 1 aromatic rings. The third-order valence-corrected chi connectivity index (χ3v) is 7.01.